The van der Waals surface area contributed by atoms with Crippen molar-refractivity contribution in [2.75, 3.05) is 6.61 Å². The lowest BCUT2D eigenvalue weighted by atomic mass is 9.54. The van der Waals surface area contributed by atoms with Crippen LogP contribution < -0.4 is 11.2 Å². The van der Waals surface area contributed by atoms with E-state index in [0.29, 0.717) is 6.04 Å². The lowest BCUT2D eigenvalue weighted by Gasteiger charge is -2.54. The summed E-state index contributed by atoms with van der Waals surface area (Å²) >= 11 is 0. The highest BCUT2D eigenvalue weighted by atomic mass is 16.6. The summed E-state index contributed by atoms with van der Waals surface area (Å²) in [6.45, 7) is -0.0111. The Labute approximate surface area is 95.9 Å². The third-order valence-electron chi connectivity index (χ3n) is 4.77. The van der Waals surface area contributed by atoms with Gasteiger partial charge < -0.3 is 5.32 Å². The number of carbonyl (C=O) groups excluding carboxylic acids is 1. The molecular weight excluding hydrogens is 204 g/mol. The van der Waals surface area contributed by atoms with Gasteiger partial charge in [-0.15, -0.1) is 0 Å². The van der Waals surface area contributed by atoms with Crippen molar-refractivity contribution < 1.29 is 9.63 Å². The van der Waals surface area contributed by atoms with Crippen molar-refractivity contribution in [2.45, 2.75) is 38.1 Å². The van der Waals surface area contributed by atoms with E-state index in [4.69, 9.17) is 5.90 Å². The average Bonchev–Trinajstić information content (AvgIpc) is 2.23. The lowest BCUT2D eigenvalue weighted by molar-refractivity contribution is -0.129. The van der Waals surface area contributed by atoms with E-state index in [1.165, 1.54) is 32.1 Å². The number of rotatable bonds is 3. The minimum Gasteiger partial charge on any atom is -0.351 e. The standard InChI is InChI=1S/C12H20N2O2/c13-16-6-11(15)14-12-9-2-7-1-8(4-9)5-10(12)3-7/h7-10,12H,1-6,13H2,(H,14,15). The van der Waals surface area contributed by atoms with E-state index in [0.717, 1.165) is 23.7 Å². The maximum Gasteiger partial charge on any atom is 0.248 e. The highest BCUT2D eigenvalue weighted by molar-refractivity contribution is 5.77. The number of hydrogen-bond donors (Lipinski definition) is 2. The topological polar surface area (TPSA) is 64.3 Å². The van der Waals surface area contributed by atoms with E-state index >= 15 is 0 Å². The van der Waals surface area contributed by atoms with Crippen LogP contribution in [-0.2, 0) is 9.63 Å². The summed E-state index contributed by atoms with van der Waals surface area (Å²) in [6, 6.07) is 0.399. The number of amides is 1. The van der Waals surface area contributed by atoms with Gasteiger partial charge in [0.1, 0.15) is 6.61 Å². The fraction of sp³-hybridized carbons (Fsp3) is 0.917. The van der Waals surface area contributed by atoms with Crippen molar-refractivity contribution in [1.29, 1.82) is 0 Å². The van der Waals surface area contributed by atoms with Crippen LogP contribution in [0.3, 0.4) is 0 Å². The first-order valence-corrected chi connectivity index (χ1v) is 6.37. The zero-order valence-corrected chi connectivity index (χ0v) is 9.52. The van der Waals surface area contributed by atoms with Gasteiger partial charge >= 0.3 is 0 Å². The number of nitrogens with two attached hydrogens (primary N) is 1. The van der Waals surface area contributed by atoms with Crippen LogP contribution in [0.25, 0.3) is 0 Å². The predicted octanol–water partition coefficient (Wildman–Crippen LogP) is 0.818. The highest BCUT2D eigenvalue weighted by Crippen LogP contribution is 2.53. The van der Waals surface area contributed by atoms with Gasteiger partial charge in [-0.05, 0) is 55.8 Å². The molecule has 4 saturated carbocycles. The summed E-state index contributed by atoms with van der Waals surface area (Å²) in [5.41, 5.74) is 0. The van der Waals surface area contributed by atoms with Gasteiger partial charge in [-0.3, -0.25) is 9.63 Å². The second kappa shape index (κ2) is 4.00. The second-order valence-corrected chi connectivity index (χ2v) is 5.84. The molecule has 0 aromatic heterocycles. The first kappa shape index (κ1) is 10.5. The molecule has 0 saturated heterocycles. The molecule has 4 aliphatic rings. The van der Waals surface area contributed by atoms with E-state index in [9.17, 15) is 4.79 Å². The van der Waals surface area contributed by atoms with Crippen LogP contribution in [0.2, 0.25) is 0 Å². The van der Waals surface area contributed by atoms with Crippen LogP contribution in [-0.4, -0.2) is 18.6 Å². The Bertz CT molecular complexity index is 265. The number of carbonyl (C=O) groups is 1. The largest absolute Gasteiger partial charge is 0.351 e. The average molecular weight is 224 g/mol. The lowest BCUT2D eigenvalue weighted by Crippen LogP contribution is -2.56. The molecule has 0 unspecified atom stereocenters. The Morgan fingerprint density at radius 2 is 1.69 bits per heavy atom. The molecule has 4 rings (SSSR count). The molecule has 1 amide bonds. The quantitative estimate of drug-likeness (QED) is 0.697. The summed E-state index contributed by atoms with van der Waals surface area (Å²) in [5.74, 6) is 8.20. The van der Waals surface area contributed by atoms with Crippen LogP contribution in [0.1, 0.15) is 32.1 Å². The fourth-order valence-electron chi connectivity index (χ4n) is 4.46. The van der Waals surface area contributed by atoms with Gasteiger partial charge in [0.05, 0.1) is 0 Å². The van der Waals surface area contributed by atoms with Crippen LogP contribution in [0.15, 0.2) is 0 Å². The molecule has 3 N–H and O–H groups in total. The number of hydrogen-bond acceptors (Lipinski definition) is 3. The van der Waals surface area contributed by atoms with Crippen LogP contribution in [0, 0.1) is 23.7 Å². The fourth-order valence-corrected chi connectivity index (χ4v) is 4.46. The van der Waals surface area contributed by atoms with Crippen molar-refractivity contribution in [3.05, 3.63) is 0 Å². The van der Waals surface area contributed by atoms with Crippen LogP contribution >= 0.6 is 0 Å². The Morgan fingerprint density at radius 3 is 2.19 bits per heavy atom. The van der Waals surface area contributed by atoms with Crippen molar-refractivity contribution in [3.8, 4) is 0 Å². The second-order valence-electron chi connectivity index (χ2n) is 5.84. The molecule has 16 heavy (non-hydrogen) atoms. The smallest absolute Gasteiger partial charge is 0.248 e. The zero-order valence-electron chi connectivity index (χ0n) is 9.52. The molecule has 4 nitrogen and oxygen atoms in total. The molecule has 0 aliphatic heterocycles. The molecule has 4 fully saturated rings. The molecule has 0 aromatic carbocycles. The van der Waals surface area contributed by atoms with E-state index < -0.39 is 0 Å². The summed E-state index contributed by atoms with van der Waals surface area (Å²) in [6.07, 6.45) is 6.73. The van der Waals surface area contributed by atoms with Crippen molar-refractivity contribution in [2.24, 2.45) is 29.6 Å². The van der Waals surface area contributed by atoms with Gasteiger partial charge in [-0.1, -0.05) is 0 Å². The van der Waals surface area contributed by atoms with E-state index in [1.54, 1.807) is 0 Å². The maximum atomic E-state index is 11.5. The van der Waals surface area contributed by atoms with Gasteiger partial charge in [-0.25, -0.2) is 5.90 Å². The molecule has 0 atom stereocenters. The Morgan fingerprint density at radius 1 is 1.12 bits per heavy atom. The van der Waals surface area contributed by atoms with Crippen LogP contribution in [0.4, 0.5) is 0 Å². The SMILES string of the molecule is NOCC(=O)NC1C2CC3CC(C2)CC1C3. The molecule has 90 valence electrons. The molecular formula is C12H20N2O2. The Balaban J connectivity index is 1.65. The zero-order chi connectivity index (χ0) is 11.1. The third kappa shape index (κ3) is 1.74. The van der Waals surface area contributed by atoms with Crippen molar-refractivity contribution in [3.63, 3.8) is 0 Å². The van der Waals surface area contributed by atoms with Gasteiger partial charge in [0.25, 0.3) is 0 Å². The summed E-state index contributed by atoms with van der Waals surface area (Å²) in [5, 5.41) is 3.12. The third-order valence-corrected chi connectivity index (χ3v) is 4.77. The molecule has 0 heterocycles. The first-order valence-electron chi connectivity index (χ1n) is 6.37. The highest BCUT2D eigenvalue weighted by Gasteiger charge is 2.48. The van der Waals surface area contributed by atoms with Gasteiger partial charge in [-0.2, -0.15) is 0 Å². The van der Waals surface area contributed by atoms with Crippen molar-refractivity contribution in [1.82, 2.24) is 5.32 Å². The molecule has 4 heteroatoms. The maximum absolute atomic E-state index is 11.5. The first-order chi connectivity index (χ1) is 7.76. The van der Waals surface area contributed by atoms with Gasteiger partial charge in [0, 0.05) is 6.04 Å². The van der Waals surface area contributed by atoms with Gasteiger partial charge in [0.2, 0.25) is 5.91 Å². The monoisotopic (exact) mass is 224 g/mol. The van der Waals surface area contributed by atoms with E-state index in [-0.39, 0.29) is 12.5 Å². The summed E-state index contributed by atoms with van der Waals surface area (Å²) in [4.78, 5) is 15.9. The van der Waals surface area contributed by atoms with Crippen molar-refractivity contribution >= 4 is 5.91 Å². The Hall–Kier alpha value is -0.610. The summed E-state index contributed by atoms with van der Waals surface area (Å²) in [7, 11) is 0. The molecule has 4 aliphatic carbocycles. The van der Waals surface area contributed by atoms with E-state index in [2.05, 4.69) is 10.2 Å². The normalized spacial score (nSPS) is 44.7. The van der Waals surface area contributed by atoms with E-state index in [1.807, 2.05) is 0 Å². The Kier molecular flexibility index (Phi) is 2.64. The van der Waals surface area contributed by atoms with Gasteiger partial charge in [0.15, 0.2) is 0 Å². The number of nitrogens with one attached hydrogen (secondary N) is 1. The summed E-state index contributed by atoms with van der Waals surface area (Å²) < 4.78 is 0. The molecule has 0 spiro atoms. The van der Waals surface area contributed by atoms with Crippen LogP contribution in [0.5, 0.6) is 0 Å². The minimum absolute atomic E-state index is 0.0111. The predicted molar refractivity (Wildman–Crippen MR) is 59.1 cm³/mol. The molecule has 4 bridgehead atoms. The molecule has 0 aromatic rings. The minimum atomic E-state index is -0.0556. The molecule has 0 radical (unpaired) electrons.